The molecule has 1 aromatic carbocycles. The van der Waals surface area contributed by atoms with Crippen LogP contribution >= 0.6 is 11.6 Å². The lowest BCUT2D eigenvalue weighted by Gasteiger charge is -2.49. The van der Waals surface area contributed by atoms with Gasteiger partial charge in [-0.3, -0.25) is 9.88 Å². The second kappa shape index (κ2) is 8.53. The molecule has 2 fully saturated rings. The van der Waals surface area contributed by atoms with Crippen LogP contribution in [0.4, 0.5) is 5.82 Å². The molecular formula is C22H25ClN6O2. The summed E-state index contributed by atoms with van der Waals surface area (Å²) >= 11 is 5.95. The molecule has 2 aliphatic rings. The van der Waals surface area contributed by atoms with Crippen LogP contribution in [0.15, 0.2) is 47.4 Å². The first kappa shape index (κ1) is 20.4. The van der Waals surface area contributed by atoms with Gasteiger partial charge in [0.2, 0.25) is 11.7 Å². The molecular weight excluding hydrogens is 416 g/mol. The lowest BCUT2D eigenvalue weighted by Crippen LogP contribution is -2.54. The van der Waals surface area contributed by atoms with Gasteiger partial charge >= 0.3 is 0 Å². The molecule has 5 rings (SSSR count). The smallest absolute Gasteiger partial charge is 0.241 e. The number of anilines is 1. The van der Waals surface area contributed by atoms with E-state index in [2.05, 4.69) is 29.9 Å². The highest BCUT2D eigenvalue weighted by molar-refractivity contribution is 6.30. The van der Waals surface area contributed by atoms with E-state index in [-0.39, 0.29) is 11.5 Å². The van der Waals surface area contributed by atoms with Crippen LogP contribution in [0.2, 0.25) is 5.02 Å². The van der Waals surface area contributed by atoms with Crippen molar-refractivity contribution in [3.8, 4) is 11.4 Å². The van der Waals surface area contributed by atoms with Gasteiger partial charge in [-0.2, -0.15) is 4.98 Å². The summed E-state index contributed by atoms with van der Waals surface area (Å²) in [7, 11) is 0. The largest absolute Gasteiger partial charge is 0.391 e. The molecule has 0 radical (unpaired) electrons. The highest BCUT2D eigenvalue weighted by atomic mass is 35.5. The third-order valence-electron chi connectivity index (χ3n) is 6.35. The van der Waals surface area contributed by atoms with Crippen molar-refractivity contribution < 1.29 is 9.63 Å². The summed E-state index contributed by atoms with van der Waals surface area (Å²) < 4.78 is 5.48. The predicted octanol–water partition coefficient (Wildman–Crippen LogP) is 3.03. The first-order valence-corrected chi connectivity index (χ1v) is 11.0. The molecule has 0 bridgehead atoms. The van der Waals surface area contributed by atoms with Gasteiger partial charge in [0.05, 0.1) is 18.8 Å². The molecule has 2 aromatic heterocycles. The second-order valence-corrected chi connectivity index (χ2v) is 9.03. The van der Waals surface area contributed by atoms with Gasteiger partial charge in [0.1, 0.15) is 5.82 Å². The van der Waals surface area contributed by atoms with E-state index >= 15 is 0 Å². The minimum absolute atomic E-state index is 0.0923. The quantitative estimate of drug-likeness (QED) is 0.661. The number of benzene rings is 1. The predicted molar refractivity (Wildman–Crippen MR) is 117 cm³/mol. The fourth-order valence-corrected chi connectivity index (χ4v) is 4.88. The summed E-state index contributed by atoms with van der Waals surface area (Å²) in [5, 5.41) is 15.3. The number of aliphatic hydroxyl groups excluding tert-OH is 1. The summed E-state index contributed by atoms with van der Waals surface area (Å²) in [6.07, 6.45) is 7.66. The lowest BCUT2D eigenvalue weighted by molar-refractivity contribution is 0.0220. The Labute approximate surface area is 185 Å². The van der Waals surface area contributed by atoms with E-state index in [0.717, 1.165) is 50.3 Å². The van der Waals surface area contributed by atoms with Gasteiger partial charge in [-0.1, -0.05) is 16.8 Å². The summed E-state index contributed by atoms with van der Waals surface area (Å²) in [4.78, 5) is 17.7. The van der Waals surface area contributed by atoms with Crippen molar-refractivity contribution in [2.45, 2.75) is 31.9 Å². The minimum atomic E-state index is -0.347. The highest BCUT2D eigenvalue weighted by Gasteiger charge is 2.42. The average Bonchev–Trinajstić information content (AvgIpc) is 3.25. The molecule has 2 saturated heterocycles. The minimum Gasteiger partial charge on any atom is -0.391 e. The van der Waals surface area contributed by atoms with Gasteiger partial charge in [0.25, 0.3) is 0 Å². The molecule has 0 aliphatic carbocycles. The molecule has 2 aliphatic heterocycles. The van der Waals surface area contributed by atoms with E-state index in [1.807, 2.05) is 24.3 Å². The molecule has 4 heterocycles. The topological polar surface area (TPSA) is 91.4 Å². The Bertz CT molecular complexity index is 1000. The average molecular weight is 441 g/mol. The van der Waals surface area contributed by atoms with Crippen LogP contribution in [-0.2, 0) is 6.54 Å². The van der Waals surface area contributed by atoms with Crippen molar-refractivity contribution in [3.63, 3.8) is 0 Å². The van der Waals surface area contributed by atoms with Crippen LogP contribution in [0.5, 0.6) is 0 Å². The lowest BCUT2D eigenvalue weighted by atomic mass is 9.71. The molecule has 1 unspecified atom stereocenters. The first-order chi connectivity index (χ1) is 15.1. The second-order valence-electron chi connectivity index (χ2n) is 8.60. The standard InChI is InChI=1S/C22H25ClN6O2/c23-17-3-1-16(2-4-17)21-26-20(31-27-21)14-28-9-5-22(6-10-28)11-18(30)13-29(15-22)19-12-24-7-8-25-19/h1-4,7-8,12,18,30H,5-6,9-11,13-15H2. The molecule has 0 amide bonds. The number of piperidine rings is 2. The number of rotatable bonds is 4. The molecule has 31 heavy (non-hydrogen) atoms. The Morgan fingerprint density at radius 2 is 1.97 bits per heavy atom. The Morgan fingerprint density at radius 3 is 2.71 bits per heavy atom. The molecule has 3 aromatic rings. The molecule has 0 saturated carbocycles. The molecule has 1 atom stereocenters. The number of aromatic nitrogens is 4. The zero-order chi connectivity index (χ0) is 21.3. The Morgan fingerprint density at radius 1 is 1.16 bits per heavy atom. The SMILES string of the molecule is OC1CN(c2cnccn2)CC2(CCN(Cc3nc(-c4ccc(Cl)cc4)no3)CC2)C1. The summed E-state index contributed by atoms with van der Waals surface area (Å²) in [5.41, 5.74) is 0.979. The van der Waals surface area contributed by atoms with Crippen molar-refractivity contribution in [1.29, 1.82) is 0 Å². The van der Waals surface area contributed by atoms with Gasteiger partial charge < -0.3 is 14.5 Å². The zero-order valence-corrected chi connectivity index (χ0v) is 17.9. The van der Waals surface area contributed by atoms with Gasteiger partial charge in [-0.25, -0.2) is 4.98 Å². The number of nitrogens with zero attached hydrogens (tertiary/aromatic N) is 6. The van der Waals surface area contributed by atoms with E-state index in [1.54, 1.807) is 18.6 Å². The van der Waals surface area contributed by atoms with Gasteiger partial charge in [-0.05, 0) is 62.0 Å². The Balaban J connectivity index is 1.21. The number of likely N-dealkylation sites (tertiary alicyclic amines) is 1. The summed E-state index contributed by atoms with van der Waals surface area (Å²) in [6.45, 7) is 4.00. The maximum Gasteiger partial charge on any atom is 0.241 e. The number of halogens is 1. The van der Waals surface area contributed by atoms with Crippen LogP contribution in [0.3, 0.4) is 0 Å². The summed E-state index contributed by atoms with van der Waals surface area (Å²) in [5.74, 6) is 2.03. The molecule has 9 heteroatoms. The van der Waals surface area contributed by atoms with Crippen LogP contribution in [0, 0.1) is 5.41 Å². The van der Waals surface area contributed by atoms with Crippen LogP contribution in [-0.4, -0.2) is 62.4 Å². The monoisotopic (exact) mass is 440 g/mol. The van der Waals surface area contributed by atoms with Crippen molar-refractivity contribution in [2.24, 2.45) is 5.41 Å². The van der Waals surface area contributed by atoms with Gasteiger partial charge in [-0.15, -0.1) is 0 Å². The number of aliphatic hydroxyl groups is 1. The highest BCUT2D eigenvalue weighted by Crippen LogP contribution is 2.41. The summed E-state index contributed by atoms with van der Waals surface area (Å²) in [6, 6.07) is 7.41. The van der Waals surface area contributed by atoms with E-state index in [0.29, 0.717) is 29.8 Å². The van der Waals surface area contributed by atoms with Crippen LogP contribution < -0.4 is 4.90 Å². The maximum atomic E-state index is 10.5. The first-order valence-electron chi connectivity index (χ1n) is 10.6. The zero-order valence-electron chi connectivity index (χ0n) is 17.2. The molecule has 1 spiro atoms. The number of hydrogen-bond donors (Lipinski definition) is 1. The Hall–Kier alpha value is -2.55. The molecule has 1 N–H and O–H groups in total. The normalized spacial score (nSPS) is 21.5. The van der Waals surface area contributed by atoms with E-state index < -0.39 is 0 Å². The third-order valence-corrected chi connectivity index (χ3v) is 6.60. The van der Waals surface area contributed by atoms with Crippen LogP contribution in [0.1, 0.15) is 25.2 Å². The van der Waals surface area contributed by atoms with Crippen LogP contribution in [0.25, 0.3) is 11.4 Å². The van der Waals surface area contributed by atoms with E-state index in [1.165, 1.54) is 0 Å². The molecule has 8 nitrogen and oxygen atoms in total. The van der Waals surface area contributed by atoms with E-state index in [9.17, 15) is 5.11 Å². The van der Waals surface area contributed by atoms with Gasteiger partial charge in [0, 0.05) is 36.1 Å². The van der Waals surface area contributed by atoms with Crippen molar-refractivity contribution >= 4 is 17.4 Å². The molecule has 162 valence electrons. The van der Waals surface area contributed by atoms with E-state index in [4.69, 9.17) is 16.1 Å². The van der Waals surface area contributed by atoms with Gasteiger partial charge in [0.15, 0.2) is 0 Å². The van der Waals surface area contributed by atoms with Crippen molar-refractivity contribution in [1.82, 2.24) is 25.0 Å². The fraction of sp³-hybridized carbons (Fsp3) is 0.455. The maximum absolute atomic E-state index is 10.5. The van der Waals surface area contributed by atoms with Crippen molar-refractivity contribution in [3.05, 3.63) is 53.8 Å². The van der Waals surface area contributed by atoms with Crippen molar-refractivity contribution in [2.75, 3.05) is 31.1 Å². The Kier molecular flexibility index (Phi) is 5.60. The third kappa shape index (κ3) is 4.56. The fourth-order valence-electron chi connectivity index (χ4n) is 4.76. The number of hydrogen-bond acceptors (Lipinski definition) is 8. The number of β-amino-alcohol motifs (C(OH)–C–C–N with tert-alkyl or cyclic N) is 1.